The van der Waals surface area contributed by atoms with Crippen LogP contribution in [-0.4, -0.2) is 28.1 Å². The average Bonchev–Trinajstić information content (AvgIpc) is 3.12. The van der Waals surface area contributed by atoms with Gasteiger partial charge in [-0.1, -0.05) is 17.7 Å². The Hall–Kier alpha value is -2.63. The molecule has 6 heteroatoms. The zero-order valence-electron chi connectivity index (χ0n) is 15.1. The van der Waals surface area contributed by atoms with Gasteiger partial charge in [0.15, 0.2) is 0 Å². The Labute approximate surface area is 147 Å². The lowest BCUT2D eigenvalue weighted by Gasteiger charge is -2.18. The summed E-state index contributed by atoms with van der Waals surface area (Å²) in [5.74, 6) is -0.416. The Morgan fingerprint density at radius 1 is 1.28 bits per heavy atom. The first-order chi connectivity index (χ1) is 11.9. The number of hydrogen-bond acceptors (Lipinski definition) is 3. The molecule has 1 saturated heterocycles. The van der Waals surface area contributed by atoms with Crippen LogP contribution >= 0.6 is 0 Å². The largest absolute Gasteiger partial charge is 0.349 e. The van der Waals surface area contributed by atoms with Crippen molar-refractivity contribution in [2.45, 2.75) is 33.2 Å². The van der Waals surface area contributed by atoms with Gasteiger partial charge in [0, 0.05) is 37.0 Å². The van der Waals surface area contributed by atoms with Crippen molar-refractivity contribution in [3.8, 4) is 0 Å². The van der Waals surface area contributed by atoms with Gasteiger partial charge in [0.2, 0.25) is 11.8 Å². The minimum absolute atomic E-state index is 0.00536. The van der Waals surface area contributed by atoms with Crippen molar-refractivity contribution in [1.82, 2.24) is 15.1 Å². The molecule has 0 bridgehead atoms. The van der Waals surface area contributed by atoms with E-state index >= 15 is 0 Å². The molecular weight excluding hydrogens is 316 g/mol. The third-order valence-electron chi connectivity index (χ3n) is 4.94. The number of amides is 2. The van der Waals surface area contributed by atoms with Gasteiger partial charge in [0.05, 0.1) is 18.2 Å². The molecule has 2 aromatic rings. The van der Waals surface area contributed by atoms with Gasteiger partial charge in [0.1, 0.15) is 0 Å². The Morgan fingerprint density at radius 3 is 2.56 bits per heavy atom. The fourth-order valence-corrected chi connectivity index (χ4v) is 3.21. The molecule has 1 aliphatic heterocycles. The molecule has 1 N–H and O–H groups in total. The van der Waals surface area contributed by atoms with Crippen molar-refractivity contribution in [3.05, 3.63) is 47.3 Å². The van der Waals surface area contributed by atoms with E-state index in [4.69, 9.17) is 0 Å². The zero-order valence-corrected chi connectivity index (χ0v) is 15.1. The van der Waals surface area contributed by atoms with Crippen LogP contribution in [0.1, 0.15) is 36.2 Å². The minimum Gasteiger partial charge on any atom is -0.349 e. The number of carbonyl (C=O) groups excluding carboxylic acids is 2. The van der Waals surface area contributed by atoms with Crippen molar-refractivity contribution < 1.29 is 9.59 Å². The van der Waals surface area contributed by atoms with Gasteiger partial charge in [-0.25, -0.2) is 0 Å². The van der Waals surface area contributed by atoms with Gasteiger partial charge >= 0.3 is 0 Å². The van der Waals surface area contributed by atoms with E-state index in [0.29, 0.717) is 6.54 Å². The Morgan fingerprint density at radius 2 is 1.96 bits per heavy atom. The molecule has 3 rings (SSSR count). The highest BCUT2D eigenvalue weighted by Crippen LogP contribution is 2.26. The Balaban J connectivity index is 1.66. The predicted molar refractivity (Wildman–Crippen MR) is 96.1 cm³/mol. The van der Waals surface area contributed by atoms with Crippen molar-refractivity contribution in [2.75, 3.05) is 11.4 Å². The van der Waals surface area contributed by atoms with E-state index in [9.17, 15) is 9.59 Å². The lowest BCUT2D eigenvalue weighted by atomic mass is 10.1. The molecule has 0 spiro atoms. The maximum atomic E-state index is 12.6. The molecular formula is C19H24N4O2. The smallest absolute Gasteiger partial charge is 0.227 e. The third kappa shape index (κ3) is 3.43. The highest BCUT2D eigenvalue weighted by Gasteiger charge is 2.35. The normalized spacial score (nSPS) is 18.5. The van der Waals surface area contributed by atoms with E-state index in [-0.39, 0.29) is 30.2 Å². The molecule has 0 saturated carbocycles. The van der Waals surface area contributed by atoms with Crippen LogP contribution in [0.3, 0.4) is 0 Å². The van der Waals surface area contributed by atoms with Crippen LogP contribution in [0.2, 0.25) is 0 Å². The summed E-state index contributed by atoms with van der Waals surface area (Å²) in [7, 11) is 1.88. The number of hydrogen-bond donors (Lipinski definition) is 1. The number of rotatable bonds is 4. The average molecular weight is 340 g/mol. The zero-order chi connectivity index (χ0) is 18.1. The Bertz CT molecular complexity index is 794. The number of benzene rings is 1. The summed E-state index contributed by atoms with van der Waals surface area (Å²) in [4.78, 5) is 26.6. The van der Waals surface area contributed by atoms with Crippen molar-refractivity contribution >= 4 is 17.5 Å². The first-order valence-corrected chi connectivity index (χ1v) is 8.52. The number of nitrogens with zero attached hydrogens (tertiary/aromatic N) is 3. The second-order valence-corrected chi connectivity index (χ2v) is 6.78. The Kier molecular flexibility index (Phi) is 4.61. The van der Waals surface area contributed by atoms with E-state index in [1.807, 2.05) is 52.1 Å². The van der Waals surface area contributed by atoms with Gasteiger partial charge in [-0.2, -0.15) is 5.10 Å². The van der Waals surface area contributed by atoms with Gasteiger partial charge in [-0.3, -0.25) is 14.3 Å². The molecule has 1 aliphatic rings. The maximum absolute atomic E-state index is 12.6. The fourth-order valence-electron chi connectivity index (χ4n) is 3.21. The topological polar surface area (TPSA) is 67.2 Å². The summed E-state index contributed by atoms with van der Waals surface area (Å²) in [6, 6.07) is 7.67. The molecule has 1 fully saturated rings. The first-order valence-electron chi connectivity index (χ1n) is 8.52. The summed E-state index contributed by atoms with van der Waals surface area (Å²) < 4.78 is 1.79. The highest BCUT2D eigenvalue weighted by atomic mass is 16.2. The molecule has 6 nitrogen and oxygen atoms in total. The van der Waals surface area contributed by atoms with Crippen LogP contribution in [0, 0.1) is 19.8 Å². The van der Waals surface area contributed by atoms with Crippen LogP contribution in [0.25, 0.3) is 0 Å². The van der Waals surface area contributed by atoms with E-state index in [1.165, 1.54) is 0 Å². The quantitative estimate of drug-likeness (QED) is 0.928. The number of anilines is 1. The molecule has 2 atom stereocenters. The lowest BCUT2D eigenvalue weighted by Crippen LogP contribution is -2.34. The standard InChI is InChI=1S/C19H24N4O2/c1-12-5-7-16(8-6-12)23-11-15(9-18(23)24)19(25)21-13(2)17-10-20-22(4)14(17)3/h5-8,10,13,15H,9,11H2,1-4H3,(H,21,25)/t13-,15-/m1/s1. The van der Waals surface area contributed by atoms with E-state index in [1.54, 1.807) is 15.8 Å². The molecule has 2 heterocycles. The number of nitrogens with one attached hydrogen (secondary N) is 1. The molecule has 25 heavy (non-hydrogen) atoms. The fraction of sp³-hybridized carbons (Fsp3) is 0.421. The van der Waals surface area contributed by atoms with Gasteiger partial charge < -0.3 is 10.2 Å². The van der Waals surface area contributed by atoms with Crippen LogP contribution in [0.4, 0.5) is 5.69 Å². The summed E-state index contributed by atoms with van der Waals surface area (Å²) in [6.07, 6.45) is 2.02. The van der Waals surface area contributed by atoms with Crippen molar-refractivity contribution in [2.24, 2.45) is 13.0 Å². The summed E-state index contributed by atoms with van der Waals surface area (Å²) in [6.45, 7) is 6.35. The van der Waals surface area contributed by atoms with Crippen LogP contribution in [0.15, 0.2) is 30.5 Å². The summed E-state index contributed by atoms with van der Waals surface area (Å²) in [5, 5.41) is 7.24. The highest BCUT2D eigenvalue weighted by molar-refractivity contribution is 6.00. The van der Waals surface area contributed by atoms with E-state index < -0.39 is 0 Å². The molecule has 1 aromatic carbocycles. The molecule has 0 radical (unpaired) electrons. The molecule has 2 amide bonds. The second-order valence-electron chi connectivity index (χ2n) is 6.78. The van der Waals surface area contributed by atoms with Gasteiger partial charge in [0.25, 0.3) is 0 Å². The van der Waals surface area contributed by atoms with Gasteiger partial charge in [-0.15, -0.1) is 0 Å². The second kappa shape index (κ2) is 6.70. The molecule has 0 aliphatic carbocycles. The maximum Gasteiger partial charge on any atom is 0.227 e. The van der Waals surface area contributed by atoms with E-state index in [0.717, 1.165) is 22.5 Å². The van der Waals surface area contributed by atoms with Crippen LogP contribution in [0.5, 0.6) is 0 Å². The lowest BCUT2D eigenvalue weighted by molar-refractivity contribution is -0.126. The molecule has 1 aromatic heterocycles. The van der Waals surface area contributed by atoms with Crippen molar-refractivity contribution in [1.29, 1.82) is 0 Å². The number of carbonyl (C=O) groups is 2. The third-order valence-corrected chi connectivity index (χ3v) is 4.94. The van der Waals surface area contributed by atoms with Gasteiger partial charge in [-0.05, 0) is 32.9 Å². The first kappa shape index (κ1) is 17.2. The number of aromatic nitrogens is 2. The minimum atomic E-state index is -0.326. The van der Waals surface area contributed by atoms with Crippen LogP contribution < -0.4 is 10.2 Å². The predicted octanol–water partition coefficient (Wildman–Crippen LogP) is 2.27. The van der Waals surface area contributed by atoms with E-state index in [2.05, 4.69) is 10.4 Å². The summed E-state index contributed by atoms with van der Waals surface area (Å²) >= 11 is 0. The summed E-state index contributed by atoms with van der Waals surface area (Å²) in [5.41, 5.74) is 4.01. The molecule has 132 valence electrons. The number of aryl methyl sites for hydroxylation is 2. The molecule has 0 unspecified atom stereocenters. The monoisotopic (exact) mass is 340 g/mol. The van der Waals surface area contributed by atoms with Crippen molar-refractivity contribution in [3.63, 3.8) is 0 Å². The SMILES string of the molecule is Cc1ccc(N2C[C@H](C(=O)N[C@H](C)c3cnn(C)c3C)CC2=O)cc1. The van der Waals surface area contributed by atoms with Crippen LogP contribution in [-0.2, 0) is 16.6 Å².